The zero-order valence-electron chi connectivity index (χ0n) is 35.6. The fourth-order valence-corrected chi connectivity index (χ4v) is 6.63. The second kappa shape index (κ2) is 22.3. The first-order valence-corrected chi connectivity index (χ1v) is 19.8. The first-order valence-electron chi connectivity index (χ1n) is 19.8. The van der Waals surface area contributed by atoms with Gasteiger partial charge in [0.05, 0.1) is 26.3 Å². The minimum absolute atomic E-state index is 0.0616. The van der Waals surface area contributed by atoms with Gasteiger partial charge in [-0.2, -0.15) is 0 Å². The number of aromatic hydroxyl groups is 1. The van der Waals surface area contributed by atoms with Gasteiger partial charge in [0.2, 0.25) is 29.8 Å². The molecule has 2 aromatic carbocycles. The number of amides is 1. The lowest BCUT2D eigenvalue weighted by atomic mass is 9.98. The maximum Gasteiger partial charge on any atom is 0.303 e. The van der Waals surface area contributed by atoms with Crippen LogP contribution in [0, 0.1) is 0 Å². The van der Waals surface area contributed by atoms with Gasteiger partial charge in [0.25, 0.3) is 5.56 Å². The largest absolute Gasteiger partial charge is 0.504 e. The molecule has 0 bridgehead atoms. The van der Waals surface area contributed by atoms with E-state index in [9.17, 15) is 33.9 Å². The Hall–Kier alpha value is -6.30. The van der Waals surface area contributed by atoms with Gasteiger partial charge in [-0.05, 0) is 48.4 Å². The van der Waals surface area contributed by atoms with E-state index in [1.807, 2.05) is 0 Å². The Morgan fingerprint density at radius 2 is 1.41 bits per heavy atom. The number of hydrogen-bond donors (Lipinski definition) is 2. The van der Waals surface area contributed by atoms with Crippen LogP contribution in [0.4, 0.5) is 5.69 Å². The Balaban J connectivity index is 1.56. The molecule has 3 aromatic rings. The Bertz CT molecular complexity index is 2120. The summed E-state index contributed by atoms with van der Waals surface area (Å²) < 4.78 is 52.1. The number of ether oxygens (including phenoxy) is 9. The van der Waals surface area contributed by atoms with Crippen LogP contribution in [0.1, 0.15) is 78.7 Å². The van der Waals surface area contributed by atoms with E-state index in [2.05, 4.69) is 12.2 Å². The molecule has 5 atom stereocenters. The summed E-state index contributed by atoms with van der Waals surface area (Å²) in [6.07, 6.45) is 1.74. The molecule has 0 aliphatic carbocycles. The van der Waals surface area contributed by atoms with Crippen LogP contribution in [0.25, 0.3) is 17.0 Å². The molecule has 2 N–H and O–H groups in total. The lowest BCUT2D eigenvalue weighted by molar-refractivity contribution is -0.288. The molecule has 1 aliphatic heterocycles. The Morgan fingerprint density at radius 3 is 2.02 bits per heavy atom. The number of methoxy groups -OCH3 is 2. The quantitative estimate of drug-likeness (QED) is 0.0652. The molecule has 4 rings (SSSR count). The fourth-order valence-electron chi connectivity index (χ4n) is 6.63. The van der Waals surface area contributed by atoms with Gasteiger partial charge in [0, 0.05) is 51.9 Å². The average molecular weight is 855 g/mol. The number of anilines is 1. The summed E-state index contributed by atoms with van der Waals surface area (Å²) in [7, 11) is 4.23. The molecular formula is C43H54N2O16. The Kier molecular flexibility index (Phi) is 17.4. The van der Waals surface area contributed by atoms with Crippen molar-refractivity contribution >= 4 is 52.5 Å². The van der Waals surface area contributed by atoms with Gasteiger partial charge < -0.3 is 57.6 Å². The number of fused-ring (bicyclic) bond motifs is 1. The lowest BCUT2D eigenvalue weighted by Crippen LogP contribution is -2.63. The van der Waals surface area contributed by atoms with Gasteiger partial charge in [0.1, 0.15) is 12.7 Å². The van der Waals surface area contributed by atoms with Gasteiger partial charge in [-0.3, -0.25) is 28.8 Å². The number of unbranched alkanes of at least 4 members (excludes halogenated alkanes) is 5. The second-order valence-electron chi connectivity index (χ2n) is 14.2. The van der Waals surface area contributed by atoms with Crippen molar-refractivity contribution in [2.75, 3.05) is 32.8 Å². The van der Waals surface area contributed by atoms with Gasteiger partial charge in [-0.25, -0.2) is 0 Å². The van der Waals surface area contributed by atoms with E-state index in [-0.39, 0.29) is 28.7 Å². The molecule has 0 unspecified atom stereocenters. The monoisotopic (exact) mass is 854 g/mol. The van der Waals surface area contributed by atoms with E-state index in [0.29, 0.717) is 28.8 Å². The third-order valence-electron chi connectivity index (χ3n) is 9.43. The van der Waals surface area contributed by atoms with Crippen LogP contribution >= 0.6 is 0 Å². The highest BCUT2D eigenvalue weighted by Gasteiger charge is 2.53. The normalized spacial score (nSPS) is 18.5. The number of aromatic nitrogens is 1. The van der Waals surface area contributed by atoms with Gasteiger partial charge in [-0.1, -0.05) is 39.0 Å². The number of hydrogen-bond acceptors (Lipinski definition) is 16. The molecule has 0 spiro atoms. The summed E-state index contributed by atoms with van der Waals surface area (Å²) >= 11 is 0. The summed E-state index contributed by atoms with van der Waals surface area (Å²) in [5, 5.41) is 14.1. The van der Waals surface area contributed by atoms with E-state index >= 15 is 0 Å². The maximum absolute atomic E-state index is 13.1. The minimum Gasteiger partial charge on any atom is -0.504 e. The van der Waals surface area contributed by atoms with Gasteiger partial charge in [-0.15, -0.1) is 0 Å². The van der Waals surface area contributed by atoms with Crippen molar-refractivity contribution in [3.05, 3.63) is 52.3 Å². The standard InChI is InChI=1S/C43H54N2O16/c1-9-10-11-12-13-14-19-55-39-36(51)30-17-16-29(22-31(30)45(6)42(39)52)44-35(50)18-15-28-20-32(53-7)37(33(21-28)54-8)61-43-41(59-27(5)49)40(58-26(4)48)38(57-25(3)47)34(60-43)23-56-24(2)46/h15-18,20-22,34,38,40-41,43,51H,9-14,19,23H2,1-8H3,(H,44,50)/b18-15+/t34-,38-,40+,41-,43+/m1/s1. The van der Waals surface area contributed by atoms with Crippen LogP contribution < -0.4 is 29.8 Å². The van der Waals surface area contributed by atoms with Crippen LogP contribution in [-0.2, 0) is 54.7 Å². The predicted octanol–water partition coefficient (Wildman–Crippen LogP) is 5.11. The number of aryl methyl sites for hydroxylation is 1. The van der Waals surface area contributed by atoms with E-state index in [1.165, 1.54) is 49.5 Å². The van der Waals surface area contributed by atoms with Crippen molar-refractivity contribution in [3.8, 4) is 28.7 Å². The van der Waals surface area contributed by atoms with Crippen LogP contribution in [0.2, 0.25) is 0 Å². The number of carbonyl (C=O) groups is 5. The molecule has 1 amide bonds. The summed E-state index contributed by atoms with van der Waals surface area (Å²) in [5.74, 6) is -3.96. The molecule has 18 nitrogen and oxygen atoms in total. The smallest absolute Gasteiger partial charge is 0.303 e. The minimum atomic E-state index is -1.58. The highest BCUT2D eigenvalue weighted by atomic mass is 16.7. The lowest BCUT2D eigenvalue weighted by Gasteiger charge is -2.44. The average Bonchev–Trinajstić information content (AvgIpc) is 3.20. The summed E-state index contributed by atoms with van der Waals surface area (Å²) in [6.45, 7) is 6.45. The van der Waals surface area contributed by atoms with Crippen LogP contribution in [0.15, 0.2) is 41.2 Å². The zero-order chi connectivity index (χ0) is 44.8. The van der Waals surface area contributed by atoms with Crippen molar-refractivity contribution in [1.29, 1.82) is 0 Å². The molecule has 0 saturated carbocycles. The van der Waals surface area contributed by atoms with Crippen LogP contribution in [0.5, 0.6) is 28.7 Å². The molecule has 2 heterocycles. The van der Waals surface area contributed by atoms with E-state index in [1.54, 1.807) is 25.2 Å². The molecule has 61 heavy (non-hydrogen) atoms. The number of esters is 4. The topological polar surface area (TPSA) is 223 Å². The molecule has 1 fully saturated rings. The van der Waals surface area contributed by atoms with E-state index < -0.39 is 72.7 Å². The third-order valence-corrected chi connectivity index (χ3v) is 9.43. The second-order valence-corrected chi connectivity index (χ2v) is 14.2. The van der Waals surface area contributed by atoms with Crippen molar-refractivity contribution in [1.82, 2.24) is 4.57 Å². The van der Waals surface area contributed by atoms with Crippen molar-refractivity contribution < 1.29 is 71.7 Å². The highest BCUT2D eigenvalue weighted by Crippen LogP contribution is 2.42. The van der Waals surface area contributed by atoms with Gasteiger partial charge in [0.15, 0.2) is 29.5 Å². The fraction of sp³-hybridized carbons (Fsp3) is 0.488. The Morgan fingerprint density at radius 1 is 0.803 bits per heavy atom. The number of nitrogens with zero attached hydrogens (tertiary/aromatic N) is 1. The van der Waals surface area contributed by atoms with Crippen LogP contribution in [-0.4, -0.2) is 97.6 Å². The molecule has 1 aliphatic rings. The third kappa shape index (κ3) is 12.8. The molecular weight excluding hydrogens is 800 g/mol. The zero-order valence-corrected chi connectivity index (χ0v) is 35.6. The highest BCUT2D eigenvalue weighted by molar-refractivity contribution is 6.03. The van der Waals surface area contributed by atoms with Gasteiger partial charge >= 0.3 is 23.9 Å². The number of nitrogens with one attached hydrogen (secondary N) is 1. The number of rotatable bonds is 20. The maximum atomic E-state index is 13.1. The van der Waals surface area contributed by atoms with E-state index in [4.69, 9.17) is 42.6 Å². The molecule has 18 heteroatoms. The SMILES string of the molecule is CCCCCCCCOc1c(O)c2ccc(NC(=O)/C=C/c3cc(OC)c(O[C@@H]4O[C@H](COC(C)=O)[C@@H](OC(C)=O)[C@H](OC(C)=O)[C@H]4OC(C)=O)c(OC)c3)cc2n(C)c1=O. The molecule has 0 radical (unpaired) electrons. The summed E-state index contributed by atoms with van der Waals surface area (Å²) in [5.41, 5.74) is 0.625. The molecule has 332 valence electrons. The summed E-state index contributed by atoms with van der Waals surface area (Å²) in [4.78, 5) is 74.7. The van der Waals surface area contributed by atoms with Crippen molar-refractivity contribution in [2.24, 2.45) is 7.05 Å². The summed E-state index contributed by atoms with van der Waals surface area (Å²) in [6, 6.07) is 7.75. The predicted molar refractivity (Wildman–Crippen MR) is 220 cm³/mol. The number of carbonyl (C=O) groups excluding carboxylic acids is 5. The first kappa shape index (κ1) is 47.4. The van der Waals surface area contributed by atoms with E-state index in [0.717, 1.165) is 59.8 Å². The number of benzene rings is 2. The Labute approximate surface area is 352 Å². The van der Waals surface area contributed by atoms with Crippen LogP contribution in [0.3, 0.4) is 0 Å². The number of pyridine rings is 1. The first-order chi connectivity index (χ1) is 29.1. The van der Waals surface area contributed by atoms with Crippen molar-refractivity contribution in [3.63, 3.8) is 0 Å². The van der Waals surface area contributed by atoms with Crippen molar-refractivity contribution in [2.45, 2.75) is 104 Å². The molecule has 1 saturated heterocycles. The molecule has 1 aromatic heterocycles.